The fraction of sp³-hybridized carbons (Fsp3) is 0.760. The zero-order valence-corrected chi connectivity index (χ0v) is 22.3. The number of carbonyl (C=O) groups is 5. The lowest BCUT2D eigenvalue weighted by Gasteiger charge is -2.38. The van der Waals surface area contributed by atoms with Gasteiger partial charge in [0, 0.05) is 12.5 Å². The third-order valence-corrected chi connectivity index (χ3v) is 7.89. The summed E-state index contributed by atoms with van der Waals surface area (Å²) < 4.78 is 44.9. The van der Waals surface area contributed by atoms with Crippen molar-refractivity contribution in [3.63, 3.8) is 0 Å². The van der Waals surface area contributed by atoms with Gasteiger partial charge in [0.2, 0.25) is 17.7 Å². The van der Waals surface area contributed by atoms with E-state index in [1.54, 1.807) is 5.32 Å². The minimum atomic E-state index is -5.27. The molecule has 3 aliphatic heterocycles. The number of fused-ring (bicyclic) bond motifs is 3. The molecule has 3 heterocycles. The lowest BCUT2D eigenvalue weighted by Crippen LogP contribution is -2.61. The summed E-state index contributed by atoms with van der Waals surface area (Å²) in [6.45, 7) is 6.34. The van der Waals surface area contributed by atoms with Crippen molar-refractivity contribution in [1.82, 2.24) is 20.9 Å². The highest BCUT2D eigenvalue weighted by Gasteiger charge is 2.51. The van der Waals surface area contributed by atoms with Crippen molar-refractivity contribution in [3.8, 4) is 6.07 Å². The molecular formula is C25H34F3N5O6. The van der Waals surface area contributed by atoms with E-state index >= 15 is 0 Å². The number of ether oxygens (including phenoxy) is 1. The van der Waals surface area contributed by atoms with Gasteiger partial charge in [-0.2, -0.15) is 18.4 Å². The Morgan fingerprint density at radius 1 is 1.15 bits per heavy atom. The summed E-state index contributed by atoms with van der Waals surface area (Å²) in [7, 11) is 0. The van der Waals surface area contributed by atoms with Gasteiger partial charge in [0.1, 0.15) is 24.2 Å². The summed E-state index contributed by atoms with van der Waals surface area (Å²) in [5.41, 5.74) is -1.34. The van der Waals surface area contributed by atoms with Crippen LogP contribution in [0.3, 0.4) is 0 Å². The predicted molar refractivity (Wildman–Crippen MR) is 128 cm³/mol. The predicted octanol–water partition coefficient (Wildman–Crippen LogP) is 0.783. The molecule has 3 fully saturated rings. The maximum Gasteiger partial charge on any atom is 0.471 e. The minimum absolute atomic E-state index is 0.0437. The van der Waals surface area contributed by atoms with Crippen LogP contribution in [0.5, 0.6) is 0 Å². The number of rotatable bonds is 2. The number of esters is 1. The molecule has 3 N–H and O–H groups in total. The Labute approximate surface area is 224 Å². The van der Waals surface area contributed by atoms with Gasteiger partial charge in [-0.25, -0.2) is 4.79 Å². The van der Waals surface area contributed by atoms with Crippen LogP contribution in [0.15, 0.2) is 0 Å². The van der Waals surface area contributed by atoms with Crippen LogP contribution in [0.25, 0.3) is 0 Å². The van der Waals surface area contributed by atoms with E-state index in [1.165, 1.54) is 13.8 Å². The van der Waals surface area contributed by atoms with Crippen molar-refractivity contribution in [2.75, 3.05) is 13.2 Å². The van der Waals surface area contributed by atoms with Crippen LogP contribution < -0.4 is 16.0 Å². The molecule has 11 nitrogen and oxygen atoms in total. The molecule has 4 amide bonds. The Bertz CT molecular complexity index is 1060. The number of hydrogen-bond donors (Lipinski definition) is 3. The lowest BCUT2D eigenvalue weighted by atomic mass is 9.80. The maximum absolute atomic E-state index is 13.8. The number of nitrogens with one attached hydrogen (secondary N) is 3. The first-order valence-corrected chi connectivity index (χ1v) is 12.9. The van der Waals surface area contributed by atoms with E-state index in [0.717, 1.165) is 4.90 Å². The molecule has 0 saturated carbocycles. The van der Waals surface area contributed by atoms with E-state index in [9.17, 15) is 42.4 Å². The molecule has 39 heavy (non-hydrogen) atoms. The smallest absolute Gasteiger partial charge is 0.464 e. The second-order valence-electron chi connectivity index (χ2n) is 11.4. The van der Waals surface area contributed by atoms with E-state index in [2.05, 4.69) is 10.6 Å². The van der Waals surface area contributed by atoms with E-state index < -0.39 is 71.3 Å². The van der Waals surface area contributed by atoms with Crippen molar-refractivity contribution in [3.05, 3.63) is 0 Å². The second-order valence-corrected chi connectivity index (χ2v) is 11.4. The van der Waals surface area contributed by atoms with Crippen molar-refractivity contribution in [2.45, 2.75) is 83.7 Å². The van der Waals surface area contributed by atoms with Crippen LogP contribution in [0.4, 0.5) is 13.2 Å². The Kier molecular flexibility index (Phi) is 8.82. The zero-order chi connectivity index (χ0) is 29.3. The third-order valence-electron chi connectivity index (χ3n) is 7.89. The summed E-state index contributed by atoms with van der Waals surface area (Å²) in [6, 6.07) is -3.00. The van der Waals surface area contributed by atoms with Crippen LogP contribution in [0.1, 0.15) is 53.4 Å². The maximum atomic E-state index is 13.8. The highest BCUT2D eigenvalue weighted by Crippen LogP contribution is 2.35. The SMILES string of the molecule is CC(C)[C@H]1CCN2C(=O)[C@@H](NC(=O)C(F)(F)F)C(C)(C)CCOC(=O)[C@@H]3C[C@@H](C[C@@H](C#N)NC(=O)[C@H]12)C(=O)N3. The quantitative estimate of drug-likeness (QED) is 0.424. The Balaban J connectivity index is 2.03. The van der Waals surface area contributed by atoms with Gasteiger partial charge >= 0.3 is 18.1 Å². The van der Waals surface area contributed by atoms with Crippen molar-refractivity contribution in [2.24, 2.45) is 23.2 Å². The van der Waals surface area contributed by atoms with Crippen molar-refractivity contribution >= 4 is 29.6 Å². The van der Waals surface area contributed by atoms with E-state index in [-0.39, 0.29) is 44.2 Å². The van der Waals surface area contributed by atoms with Crippen LogP contribution in [-0.4, -0.2) is 78.0 Å². The molecule has 3 saturated heterocycles. The summed E-state index contributed by atoms with van der Waals surface area (Å²) in [5, 5.41) is 16.6. The average molecular weight is 558 g/mol. The monoisotopic (exact) mass is 557 g/mol. The van der Waals surface area contributed by atoms with Gasteiger partial charge in [0.05, 0.1) is 12.7 Å². The first kappa shape index (κ1) is 30.2. The Morgan fingerprint density at radius 2 is 1.82 bits per heavy atom. The number of nitriles is 1. The van der Waals surface area contributed by atoms with Gasteiger partial charge < -0.3 is 25.6 Å². The molecule has 0 aromatic rings. The van der Waals surface area contributed by atoms with Crippen LogP contribution in [0.2, 0.25) is 0 Å². The highest BCUT2D eigenvalue weighted by molar-refractivity contribution is 5.94. The molecule has 3 aliphatic rings. The van der Waals surface area contributed by atoms with E-state index in [0.29, 0.717) is 6.42 Å². The Morgan fingerprint density at radius 3 is 2.41 bits per heavy atom. The number of alkyl halides is 3. The summed E-state index contributed by atoms with van der Waals surface area (Å²) in [6.07, 6.45) is -5.03. The fourth-order valence-corrected chi connectivity index (χ4v) is 5.51. The van der Waals surface area contributed by atoms with E-state index in [1.807, 2.05) is 19.9 Å². The standard InChI is InChI=1S/C25H34F3N5O6/c1-12(2)15-5-7-33-17(15)20(35)30-14(11-29)9-13-10-16(31-19(13)34)22(37)39-8-6-24(3,4)18(21(33)36)32-23(38)25(26,27)28/h12-18H,5-10H2,1-4H3,(H,30,35)(H,31,34)(H,32,38)/t13-,14+,15-,16+,17+,18-/m1/s1. The van der Waals surface area contributed by atoms with Crippen LogP contribution in [0, 0.1) is 34.5 Å². The number of carbonyl (C=O) groups excluding carboxylic acids is 5. The fourth-order valence-electron chi connectivity index (χ4n) is 5.51. The molecule has 3 rings (SSSR count). The van der Waals surface area contributed by atoms with Crippen molar-refractivity contribution in [1.29, 1.82) is 5.26 Å². The largest absolute Gasteiger partial charge is 0.471 e. The number of cyclic esters (lactones) is 1. The Hall–Kier alpha value is -3.37. The molecule has 0 aromatic heterocycles. The van der Waals surface area contributed by atoms with Crippen LogP contribution >= 0.6 is 0 Å². The van der Waals surface area contributed by atoms with Gasteiger partial charge in [0.25, 0.3) is 0 Å². The lowest BCUT2D eigenvalue weighted by molar-refractivity contribution is -0.176. The first-order valence-electron chi connectivity index (χ1n) is 12.9. The summed E-state index contributed by atoms with van der Waals surface area (Å²) in [4.78, 5) is 65.5. The molecule has 0 radical (unpaired) electrons. The molecule has 0 aliphatic carbocycles. The normalized spacial score (nSPS) is 32.1. The van der Waals surface area contributed by atoms with Gasteiger partial charge in [-0.05, 0) is 42.9 Å². The molecule has 0 unspecified atom stereocenters. The molecule has 2 bridgehead atoms. The summed E-state index contributed by atoms with van der Waals surface area (Å²) >= 11 is 0. The van der Waals surface area contributed by atoms with E-state index in [4.69, 9.17) is 4.74 Å². The average Bonchev–Trinajstić information content (AvgIpc) is 3.44. The highest BCUT2D eigenvalue weighted by atomic mass is 19.4. The molecule has 14 heteroatoms. The van der Waals surface area contributed by atoms with Gasteiger partial charge in [-0.3, -0.25) is 19.2 Å². The van der Waals surface area contributed by atoms with Gasteiger partial charge in [0.15, 0.2) is 0 Å². The number of nitrogens with zero attached hydrogens (tertiary/aromatic N) is 2. The molecule has 6 atom stereocenters. The topological polar surface area (TPSA) is 158 Å². The number of amides is 4. The molecule has 216 valence electrons. The molecular weight excluding hydrogens is 523 g/mol. The molecule has 0 spiro atoms. The van der Waals surface area contributed by atoms with Crippen LogP contribution in [-0.2, 0) is 28.7 Å². The van der Waals surface area contributed by atoms with Gasteiger partial charge in [-0.1, -0.05) is 27.7 Å². The molecule has 0 aromatic carbocycles. The first-order chi connectivity index (χ1) is 18.1. The van der Waals surface area contributed by atoms with Crippen molar-refractivity contribution < 1.29 is 41.9 Å². The number of hydrogen-bond acceptors (Lipinski definition) is 7. The zero-order valence-electron chi connectivity index (χ0n) is 22.3. The third kappa shape index (κ3) is 6.62. The van der Waals surface area contributed by atoms with Gasteiger partial charge in [-0.15, -0.1) is 0 Å². The minimum Gasteiger partial charge on any atom is -0.464 e. The number of halogens is 3. The second kappa shape index (κ2) is 11.4. The summed E-state index contributed by atoms with van der Waals surface area (Å²) in [5.74, 6) is -6.31.